The summed E-state index contributed by atoms with van der Waals surface area (Å²) in [4.78, 5) is 21.5. The van der Waals surface area contributed by atoms with Crippen molar-refractivity contribution in [1.82, 2.24) is 0 Å². The normalized spacial score (nSPS) is 7.82. The third kappa shape index (κ3) is 7.28. The summed E-state index contributed by atoms with van der Waals surface area (Å²) in [5.74, 6) is -0.339. The van der Waals surface area contributed by atoms with Gasteiger partial charge in [0.25, 0.3) is 0 Å². The third-order valence-corrected chi connectivity index (χ3v) is 1.74. The zero-order valence-electron chi connectivity index (χ0n) is 11.3. The van der Waals surface area contributed by atoms with Gasteiger partial charge in [0.2, 0.25) is 0 Å². The molecule has 0 fully saturated rings. The van der Waals surface area contributed by atoms with Gasteiger partial charge in [0.1, 0.15) is 6.29 Å². The molecule has 0 heterocycles. The predicted molar refractivity (Wildman–Crippen MR) is 70.2 cm³/mol. The number of esters is 1. The van der Waals surface area contributed by atoms with E-state index in [0.717, 1.165) is 6.29 Å². The molecule has 1 aromatic carbocycles. The Balaban J connectivity index is 0. The first kappa shape index (κ1) is 17.7. The monoisotopic (exact) mass is 238 g/mol. The van der Waals surface area contributed by atoms with Gasteiger partial charge in [0.15, 0.2) is 0 Å². The summed E-state index contributed by atoms with van der Waals surface area (Å²) in [6.45, 7) is 8.00. The fraction of sp³-hybridized carbons (Fsp3) is 0.429. The highest BCUT2D eigenvalue weighted by Crippen LogP contribution is 2.07. The van der Waals surface area contributed by atoms with Crippen LogP contribution >= 0.6 is 0 Å². The molecule has 0 N–H and O–H groups in total. The predicted octanol–water partition coefficient (Wildman–Crippen LogP) is 3.27. The van der Waals surface area contributed by atoms with Crippen LogP contribution in [0, 0.1) is 0 Å². The van der Waals surface area contributed by atoms with Gasteiger partial charge in [0.05, 0.1) is 13.5 Å². The number of rotatable bonds is 3. The van der Waals surface area contributed by atoms with Gasteiger partial charge in [0, 0.05) is 5.56 Å². The molecule has 0 radical (unpaired) electrons. The van der Waals surface area contributed by atoms with Gasteiger partial charge in [-0.15, -0.1) is 0 Å². The third-order valence-electron chi connectivity index (χ3n) is 1.74. The second-order valence-electron chi connectivity index (χ2n) is 2.57. The van der Waals surface area contributed by atoms with Crippen LogP contribution < -0.4 is 0 Å². The average Bonchev–Trinajstić information content (AvgIpc) is 2.43. The lowest BCUT2D eigenvalue weighted by atomic mass is 10.1. The van der Waals surface area contributed by atoms with Gasteiger partial charge in [-0.05, 0) is 5.56 Å². The topological polar surface area (TPSA) is 43.4 Å². The quantitative estimate of drug-likeness (QED) is 0.599. The number of methoxy groups -OCH3 is 1. The molecule has 0 saturated carbocycles. The van der Waals surface area contributed by atoms with E-state index >= 15 is 0 Å². The van der Waals surface area contributed by atoms with E-state index in [-0.39, 0.29) is 12.4 Å². The Labute approximate surface area is 104 Å². The lowest BCUT2D eigenvalue weighted by Crippen LogP contribution is -2.06. The Morgan fingerprint density at radius 2 is 1.71 bits per heavy atom. The maximum absolute atomic E-state index is 10.9. The zero-order chi connectivity index (χ0) is 13.7. The lowest BCUT2D eigenvalue weighted by molar-refractivity contribution is -0.139. The number of hydrogen-bond donors (Lipinski definition) is 0. The van der Waals surface area contributed by atoms with Crippen LogP contribution in [0.2, 0.25) is 0 Å². The first-order valence-corrected chi connectivity index (χ1v) is 5.88. The van der Waals surface area contributed by atoms with Crippen molar-refractivity contribution < 1.29 is 14.3 Å². The molecule has 0 atom stereocenters. The van der Waals surface area contributed by atoms with Crippen LogP contribution in [0.25, 0.3) is 0 Å². The van der Waals surface area contributed by atoms with Gasteiger partial charge in [-0.3, -0.25) is 9.59 Å². The zero-order valence-corrected chi connectivity index (χ0v) is 11.3. The van der Waals surface area contributed by atoms with E-state index in [4.69, 9.17) is 0 Å². The van der Waals surface area contributed by atoms with Crippen molar-refractivity contribution in [2.24, 2.45) is 0 Å². The summed E-state index contributed by atoms with van der Waals surface area (Å²) in [6, 6.07) is 6.95. The summed E-state index contributed by atoms with van der Waals surface area (Å²) in [5, 5.41) is 0. The van der Waals surface area contributed by atoms with Crippen LogP contribution in [0.3, 0.4) is 0 Å². The number of aldehydes is 1. The number of benzene rings is 1. The maximum Gasteiger partial charge on any atom is 0.310 e. The van der Waals surface area contributed by atoms with Crippen molar-refractivity contribution in [2.75, 3.05) is 7.11 Å². The van der Waals surface area contributed by atoms with Crippen LogP contribution in [0.5, 0.6) is 0 Å². The molecule has 0 spiro atoms. The minimum absolute atomic E-state index is 0.144. The van der Waals surface area contributed by atoms with E-state index in [1.54, 1.807) is 24.3 Å². The summed E-state index contributed by atoms with van der Waals surface area (Å²) < 4.78 is 4.50. The number of carbonyl (C=O) groups excluding carboxylic acids is 2. The number of hydrogen-bond acceptors (Lipinski definition) is 3. The van der Waals surface area contributed by atoms with Crippen LogP contribution in [0.1, 0.15) is 43.6 Å². The standard InChI is InChI=1S/C10H10O3.2C2H6/c1-13-10(12)6-8-4-2-3-5-9(8)7-11;2*1-2/h2-5,7H,6H2,1H3;2*1-2H3. The first-order valence-electron chi connectivity index (χ1n) is 5.88. The molecule has 0 unspecified atom stereocenters. The van der Waals surface area contributed by atoms with Crippen molar-refractivity contribution in [3.63, 3.8) is 0 Å². The van der Waals surface area contributed by atoms with Crippen LogP contribution in [-0.2, 0) is 16.0 Å². The highest BCUT2D eigenvalue weighted by Gasteiger charge is 2.05. The van der Waals surface area contributed by atoms with E-state index in [1.165, 1.54) is 7.11 Å². The summed E-state index contributed by atoms with van der Waals surface area (Å²) >= 11 is 0. The fourth-order valence-corrected chi connectivity index (χ4v) is 1.04. The fourth-order valence-electron chi connectivity index (χ4n) is 1.04. The Morgan fingerprint density at radius 1 is 1.18 bits per heavy atom. The number of carbonyl (C=O) groups is 2. The van der Waals surface area contributed by atoms with Crippen LogP contribution in [-0.4, -0.2) is 19.4 Å². The Morgan fingerprint density at radius 3 is 2.18 bits per heavy atom. The molecule has 0 aliphatic carbocycles. The molecule has 1 aromatic rings. The summed E-state index contributed by atoms with van der Waals surface area (Å²) in [7, 11) is 1.33. The van der Waals surface area contributed by atoms with Gasteiger partial charge in [-0.1, -0.05) is 52.0 Å². The SMILES string of the molecule is CC.CC.COC(=O)Cc1ccccc1C=O. The van der Waals surface area contributed by atoms with Crippen molar-refractivity contribution >= 4 is 12.3 Å². The van der Waals surface area contributed by atoms with Crippen molar-refractivity contribution in [3.05, 3.63) is 35.4 Å². The molecule has 3 heteroatoms. The minimum atomic E-state index is -0.339. The maximum atomic E-state index is 10.9. The second-order valence-corrected chi connectivity index (χ2v) is 2.57. The lowest BCUT2D eigenvalue weighted by Gasteiger charge is -2.01. The largest absolute Gasteiger partial charge is 0.469 e. The van der Waals surface area contributed by atoms with Crippen LogP contribution in [0.15, 0.2) is 24.3 Å². The van der Waals surface area contributed by atoms with E-state index in [2.05, 4.69) is 4.74 Å². The minimum Gasteiger partial charge on any atom is -0.469 e. The van der Waals surface area contributed by atoms with Crippen molar-refractivity contribution in [3.8, 4) is 0 Å². The Kier molecular flexibility index (Phi) is 13.0. The van der Waals surface area contributed by atoms with Gasteiger partial charge in [-0.2, -0.15) is 0 Å². The molecule has 0 aromatic heterocycles. The molecular formula is C14H22O3. The molecule has 1 rings (SSSR count). The van der Waals surface area contributed by atoms with E-state index < -0.39 is 0 Å². The highest BCUT2D eigenvalue weighted by atomic mass is 16.5. The summed E-state index contributed by atoms with van der Waals surface area (Å²) in [5.41, 5.74) is 1.23. The molecule has 17 heavy (non-hydrogen) atoms. The molecular weight excluding hydrogens is 216 g/mol. The van der Waals surface area contributed by atoms with Gasteiger partial charge < -0.3 is 4.74 Å². The molecule has 3 nitrogen and oxygen atoms in total. The molecule has 0 amide bonds. The van der Waals surface area contributed by atoms with E-state index in [0.29, 0.717) is 11.1 Å². The highest BCUT2D eigenvalue weighted by molar-refractivity contribution is 5.81. The second kappa shape index (κ2) is 12.4. The van der Waals surface area contributed by atoms with Crippen molar-refractivity contribution in [2.45, 2.75) is 34.1 Å². The van der Waals surface area contributed by atoms with Gasteiger partial charge in [-0.25, -0.2) is 0 Å². The van der Waals surface area contributed by atoms with Crippen LogP contribution in [0.4, 0.5) is 0 Å². The Hall–Kier alpha value is -1.64. The van der Waals surface area contributed by atoms with Gasteiger partial charge >= 0.3 is 5.97 Å². The molecule has 0 aliphatic rings. The smallest absolute Gasteiger partial charge is 0.310 e. The Bertz CT molecular complexity index is 319. The first-order chi connectivity index (χ1) is 8.27. The molecule has 0 aliphatic heterocycles. The number of ether oxygens (including phenoxy) is 1. The molecule has 96 valence electrons. The van der Waals surface area contributed by atoms with E-state index in [1.807, 2.05) is 27.7 Å². The molecule has 0 saturated heterocycles. The summed E-state index contributed by atoms with van der Waals surface area (Å²) in [6.07, 6.45) is 0.879. The molecule has 0 bridgehead atoms. The van der Waals surface area contributed by atoms with Crippen molar-refractivity contribution in [1.29, 1.82) is 0 Å². The van der Waals surface area contributed by atoms with E-state index in [9.17, 15) is 9.59 Å². The average molecular weight is 238 g/mol.